The number of fused-ring (bicyclic) bond motifs is 1. The van der Waals surface area contributed by atoms with Crippen LogP contribution < -0.4 is 11.3 Å². The van der Waals surface area contributed by atoms with E-state index in [1.165, 1.54) is 6.92 Å². The van der Waals surface area contributed by atoms with E-state index in [1.807, 2.05) is 0 Å². The first-order chi connectivity index (χ1) is 17.6. The predicted molar refractivity (Wildman–Crippen MR) is 125 cm³/mol. The summed E-state index contributed by atoms with van der Waals surface area (Å²) in [6.07, 6.45) is -10.1. The Kier molecular flexibility index (Phi) is 8.41. The molecule has 2 aliphatic heterocycles. The van der Waals surface area contributed by atoms with Gasteiger partial charge in [-0.2, -0.15) is 9.29 Å². The first-order valence-corrected chi connectivity index (χ1v) is 14.7. The molecule has 2 aromatic heterocycles. The topological polar surface area (TPSA) is 302 Å². The molecule has 0 aliphatic carbocycles. The lowest BCUT2D eigenvalue weighted by molar-refractivity contribution is -0.0895. The van der Waals surface area contributed by atoms with Crippen LogP contribution >= 0.6 is 27.4 Å². The number of ether oxygens (including phenoxy) is 1. The van der Waals surface area contributed by atoms with Crippen LogP contribution in [0.3, 0.4) is 0 Å². The van der Waals surface area contributed by atoms with E-state index in [9.17, 15) is 49.2 Å². The van der Waals surface area contributed by atoms with E-state index in [1.54, 1.807) is 0 Å². The van der Waals surface area contributed by atoms with Crippen molar-refractivity contribution in [2.45, 2.75) is 60.5 Å². The summed E-state index contributed by atoms with van der Waals surface area (Å²) in [5.41, 5.74) is 3.00. The van der Waals surface area contributed by atoms with Crippen molar-refractivity contribution in [1.29, 1.82) is 0 Å². The Bertz CT molecular complexity index is 1330. The molecule has 2 unspecified atom stereocenters. The molecule has 2 aliphatic rings. The number of aliphatic hydroxyl groups is 5. The zero-order chi connectivity index (χ0) is 28.2. The molecule has 2 saturated heterocycles. The van der Waals surface area contributed by atoms with Crippen LogP contribution in [0.15, 0.2) is 11.1 Å². The van der Waals surface area contributed by atoms with Crippen molar-refractivity contribution in [2.24, 2.45) is 0 Å². The van der Waals surface area contributed by atoms with Crippen molar-refractivity contribution in [1.82, 2.24) is 19.5 Å². The molecule has 214 valence electrons. The Hall–Kier alpha value is -1.48. The number of thioether (sulfide) groups is 1. The van der Waals surface area contributed by atoms with E-state index in [2.05, 4.69) is 23.8 Å². The lowest BCUT2D eigenvalue weighted by Gasteiger charge is -2.38. The van der Waals surface area contributed by atoms with Gasteiger partial charge in [0.15, 0.2) is 17.4 Å². The van der Waals surface area contributed by atoms with Gasteiger partial charge in [0.25, 0.3) is 5.56 Å². The maximum atomic E-state index is 12.3. The highest BCUT2D eigenvalue weighted by Crippen LogP contribution is 2.62. The molecule has 0 amide bonds. The summed E-state index contributed by atoms with van der Waals surface area (Å²) in [5, 5.41) is 49.6. The van der Waals surface area contributed by atoms with Gasteiger partial charge in [-0.3, -0.25) is 23.4 Å². The molecule has 22 heteroatoms. The highest BCUT2D eigenvalue weighted by molar-refractivity contribution is 8.00. The number of aliphatic hydroxyl groups excluding tert-OH is 5. The Balaban J connectivity index is 1.39. The van der Waals surface area contributed by atoms with E-state index in [-0.39, 0.29) is 17.1 Å². The largest absolute Gasteiger partial charge is 0.482 e. The number of H-pyrrole nitrogens is 1. The van der Waals surface area contributed by atoms with Gasteiger partial charge in [-0.25, -0.2) is 14.1 Å². The second-order valence-electron chi connectivity index (χ2n) is 8.42. The number of phosphoric acid groups is 2. The van der Waals surface area contributed by atoms with Gasteiger partial charge in [-0.15, -0.1) is 11.8 Å². The van der Waals surface area contributed by atoms with Crippen molar-refractivity contribution in [3.63, 3.8) is 0 Å². The third kappa shape index (κ3) is 5.98. The molecular formula is C16H25N5O14P2S. The normalized spacial score (nSPS) is 37.2. The summed E-state index contributed by atoms with van der Waals surface area (Å²) in [5.74, 6) is -0.259. The zero-order valence-corrected chi connectivity index (χ0v) is 21.8. The third-order valence-corrected chi connectivity index (χ3v) is 9.83. The van der Waals surface area contributed by atoms with Crippen molar-refractivity contribution in [3.05, 3.63) is 16.7 Å². The molecule has 0 bridgehead atoms. The van der Waals surface area contributed by atoms with Crippen LogP contribution in [0.25, 0.3) is 11.2 Å². The van der Waals surface area contributed by atoms with Gasteiger partial charge in [0, 0.05) is 5.25 Å². The molecule has 4 rings (SSSR count). The molecule has 0 aromatic carbocycles. The second kappa shape index (κ2) is 10.8. The fraction of sp³-hybridized carbons (Fsp3) is 0.688. The number of nitrogen functional groups attached to an aromatic ring is 1. The van der Waals surface area contributed by atoms with Crippen LogP contribution in [-0.2, 0) is 27.2 Å². The highest BCUT2D eigenvalue weighted by Gasteiger charge is 2.48. The number of rotatable bonds is 8. The number of nitrogens with one attached hydrogen (secondary N) is 1. The van der Waals surface area contributed by atoms with Crippen LogP contribution in [0.4, 0.5) is 5.95 Å². The molecule has 19 nitrogen and oxygen atoms in total. The Morgan fingerprint density at radius 3 is 2.47 bits per heavy atom. The summed E-state index contributed by atoms with van der Waals surface area (Å²) in [7, 11) is -10.8. The zero-order valence-electron chi connectivity index (χ0n) is 19.2. The molecule has 10 N–H and O–H groups in total. The minimum absolute atomic E-state index is 0.0895. The number of hydrogen-bond acceptors (Lipinski definition) is 16. The maximum Gasteiger partial charge on any atom is 0.482 e. The van der Waals surface area contributed by atoms with E-state index in [4.69, 9.17) is 15.0 Å². The monoisotopic (exact) mass is 605 g/mol. The SMILES string of the molecule is C[C@@H]1S[C@H](OP(=O)(O)OP(=O)(O)OC[C@H]2O[C@@H](n3cnc4c(=O)[nH]c(N)nc43)[C@H](O)[C@@H]2O)[C@@H](O)[C@H](O)[C@@H]1O. The lowest BCUT2D eigenvalue weighted by Crippen LogP contribution is -2.52. The third-order valence-electron chi connectivity index (χ3n) is 5.72. The molecule has 4 heterocycles. The van der Waals surface area contributed by atoms with Gasteiger partial charge in [0.2, 0.25) is 5.95 Å². The summed E-state index contributed by atoms with van der Waals surface area (Å²) >= 11 is 0.665. The number of phosphoric ester groups is 2. The smallest absolute Gasteiger partial charge is 0.389 e. The number of imidazole rings is 1. The number of nitrogens with zero attached hydrogens (tertiary/aromatic N) is 3. The first-order valence-electron chi connectivity index (χ1n) is 10.7. The summed E-state index contributed by atoms with van der Waals surface area (Å²) in [4.78, 5) is 41.8. The number of aromatic amines is 1. The quantitative estimate of drug-likeness (QED) is 0.136. The van der Waals surface area contributed by atoms with E-state index < -0.39 is 81.3 Å². The van der Waals surface area contributed by atoms with Crippen LogP contribution in [0.1, 0.15) is 13.2 Å². The average molecular weight is 605 g/mol. The van der Waals surface area contributed by atoms with Gasteiger partial charge in [-0.05, 0) is 0 Å². The summed E-state index contributed by atoms with van der Waals surface area (Å²) in [6, 6.07) is 0. The van der Waals surface area contributed by atoms with Crippen LogP contribution in [-0.4, -0.2) is 109 Å². The molecular weight excluding hydrogens is 580 g/mol. The number of nitrogens with two attached hydrogens (primary N) is 1. The van der Waals surface area contributed by atoms with Gasteiger partial charge in [0.05, 0.1) is 19.0 Å². The number of hydrogen-bond donors (Lipinski definition) is 9. The Morgan fingerprint density at radius 1 is 1.11 bits per heavy atom. The number of aromatic nitrogens is 4. The lowest BCUT2D eigenvalue weighted by atomic mass is 10.1. The van der Waals surface area contributed by atoms with Crippen molar-refractivity contribution in [3.8, 4) is 0 Å². The fourth-order valence-electron chi connectivity index (χ4n) is 3.80. The van der Waals surface area contributed by atoms with Crippen molar-refractivity contribution in [2.75, 3.05) is 12.3 Å². The standard InChI is InChI=1S/C16H25N5O14P2S/c1-4-7(22)9(24)11(26)15(38-4)34-37(30,31)35-36(28,29)32-2-5-8(23)10(25)14(33-5)21-3-18-6-12(21)19-16(17)20-13(6)27/h3-5,7-11,14-15,22-26H,2H2,1H3,(H,28,29)(H,30,31)(H3,17,19,20,27)/t4-,5+,7+,8+,9+,10+,11-,14+,15-/m0/s1. The minimum atomic E-state index is -5.40. The van der Waals surface area contributed by atoms with Gasteiger partial charge in [-0.1, -0.05) is 6.92 Å². The summed E-state index contributed by atoms with van der Waals surface area (Å²) < 4.78 is 44.7. The highest BCUT2D eigenvalue weighted by atomic mass is 32.2. The summed E-state index contributed by atoms with van der Waals surface area (Å²) in [6.45, 7) is 0.502. The molecule has 0 saturated carbocycles. The second-order valence-corrected chi connectivity index (χ2v) is 12.9. The maximum absolute atomic E-state index is 12.3. The van der Waals surface area contributed by atoms with E-state index in [0.717, 1.165) is 10.9 Å². The molecule has 0 spiro atoms. The predicted octanol–water partition coefficient (Wildman–Crippen LogP) is -2.88. The first kappa shape index (κ1) is 29.5. The molecule has 38 heavy (non-hydrogen) atoms. The van der Waals surface area contributed by atoms with Crippen molar-refractivity contribution >= 4 is 44.5 Å². The average Bonchev–Trinajstić information content (AvgIpc) is 3.35. The Morgan fingerprint density at radius 2 is 1.79 bits per heavy atom. The van der Waals surface area contributed by atoms with Gasteiger partial charge in [0.1, 0.15) is 36.0 Å². The fourth-order valence-corrected chi connectivity index (χ4v) is 7.50. The van der Waals surface area contributed by atoms with Crippen LogP contribution in [0, 0.1) is 0 Å². The molecule has 0 radical (unpaired) electrons. The van der Waals surface area contributed by atoms with Crippen molar-refractivity contribution < 1.29 is 62.5 Å². The number of anilines is 1. The molecule has 2 aromatic rings. The van der Waals surface area contributed by atoms with Crippen LogP contribution in [0.5, 0.6) is 0 Å². The van der Waals surface area contributed by atoms with E-state index >= 15 is 0 Å². The van der Waals surface area contributed by atoms with Crippen LogP contribution in [0.2, 0.25) is 0 Å². The molecule has 11 atom stereocenters. The van der Waals surface area contributed by atoms with Gasteiger partial charge >= 0.3 is 15.6 Å². The minimum Gasteiger partial charge on any atom is -0.389 e. The Labute approximate surface area is 216 Å². The van der Waals surface area contributed by atoms with E-state index in [0.29, 0.717) is 11.8 Å². The molecule has 2 fully saturated rings. The van der Waals surface area contributed by atoms with Gasteiger partial charge < -0.3 is 45.8 Å².